The van der Waals surface area contributed by atoms with Crippen LogP contribution >= 0.6 is 11.6 Å². The van der Waals surface area contributed by atoms with Crippen molar-refractivity contribution in [2.45, 2.75) is 12.3 Å². The molecule has 0 amide bonds. The molecule has 0 aliphatic heterocycles. The molecule has 2 rings (SSSR count). The van der Waals surface area contributed by atoms with E-state index in [1.165, 1.54) is 12.1 Å². The van der Waals surface area contributed by atoms with Crippen LogP contribution in [0.4, 0.5) is 4.39 Å². The Morgan fingerprint density at radius 1 is 1.27 bits per heavy atom. The third kappa shape index (κ3) is 2.15. The summed E-state index contributed by atoms with van der Waals surface area (Å²) in [4.78, 5) is 0. The second kappa shape index (κ2) is 3.98. The predicted molar refractivity (Wildman–Crippen MR) is 54.0 cm³/mol. The number of nitrogens with zero attached hydrogens (tertiary/aromatic N) is 2. The van der Waals surface area contributed by atoms with Crippen LogP contribution in [-0.2, 0) is 0 Å². The zero-order valence-electron chi connectivity index (χ0n) is 7.95. The van der Waals surface area contributed by atoms with Crippen molar-refractivity contribution < 1.29 is 8.81 Å². The van der Waals surface area contributed by atoms with Gasteiger partial charge in [-0.2, -0.15) is 0 Å². The van der Waals surface area contributed by atoms with Gasteiger partial charge in [-0.3, -0.25) is 0 Å². The molecule has 78 valence electrons. The van der Waals surface area contributed by atoms with Crippen molar-refractivity contribution in [1.82, 2.24) is 10.2 Å². The zero-order chi connectivity index (χ0) is 10.8. The Balaban J connectivity index is 2.33. The van der Waals surface area contributed by atoms with Crippen molar-refractivity contribution in [1.29, 1.82) is 0 Å². The van der Waals surface area contributed by atoms with Crippen molar-refractivity contribution in [3.05, 3.63) is 36.0 Å². The molecule has 5 heteroatoms. The van der Waals surface area contributed by atoms with Crippen LogP contribution in [-0.4, -0.2) is 10.2 Å². The molecular weight excluding hydrogens is 219 g/mol. The minimum Gasteiger partial charge on any atom is -0.419 e. The van der Waals surface area contributed by atoms with E-state index in [-0.39, 0.29) is 11.2 Å². The first kappa shape index (κ1) is 10.1. The van der Waals surface area contributed by atoms with Crippen molar-refractivity contribution in [2.75, 3.05) is 0 Å². The molecule has 0 fully saturated rings. The highest BCUT2D eigenvalue weighted by molar-refractivity contribution is 6.20. The topological polar surface area (TPSA) is 38.9 Å². The molecule has 0 aliphatic carbocycles. The summed E-state index contributed by atoms with van der Waals surface area (Å²) in [5.41, 5.74) is 0.674. The van der Waals surface area contributed by atoms with Gasteiger partial charge in [-0.05, 0) is 31.2 Å². The van der Waals surface area contributed by atoms with Gasteiger partial charge in [0.15, 0.2) is 0 Å². The van der Waals surface area contributed by atoms with E-state index < -0.39 is 0 Å². The molecule has 1 atom stereocenters. The summed E-state index contributed by atoms with van der Waals surface area (Å²) < 4.78 is 17.9. The van der Waals surface area contributed by atoms with Crippen molar-refractivity contribution in [3.8, 4) is 11.5 Å². The lowest BCUT2D eigenvalue weighted by Crippen LogP contribution is -1.81. The van der Waals surface area contributed by atoms with Crippen LogP contribution in [0.5, 0.6) is 0 Å². The third-order valence-corrected chi connectivity index (χ3v) is 2.06. The molecule has 2 aromatic rings. The van der Waals surface area contributed by atoms with E-state index in [9.17, 15) is 4.39 Å². The van der Waals surface area contributed by atoms with Gasteiger partial charge < -0.3 is 4.42 Å². The van der Waals surface area contributed by atoms with Gasteiger partial charge in [0, 0.05) is 5.56 Å². The zero-order valence-corrected chi connectivity index (χ0v) is 8.70. The summed E-state index contributed by atoms with van der Waals surface area (Å²) in [6, 6.07) is 5.82. The normalized spacial score (nSPS) is 12.7. The molecule has 0 unspecified atom stereocenters. The molecule has 3 nitrogen and oxygen atoms in total. The number of aromatic nitrogens is 2. The molecule has 0 saturated carbocycles. The van der Waals surface area contributed by atoms with Crippen molar-refractivity contribution in [2.24, 2.45) is 0 Å². The molecule has 0 spiro atoms. The number of hydrogen-bond donors (Lipinski definition) is 0. The number of alkyl halides is 1. The lowest BCUT2D eigenvalue weighted by atomic mass is 10.2. The van der Waals surface area contributed by atoms with E-state index in [0.29, 0.717) is 17.3 Å². The Labute approximate surface area is 90.9 Å². The Morgan fingerprint density at radius 3 is 2.47 bits per heavy atom. The lowest BCUT2D eigenvalue weighted by molar-refractivity contribution is 0.507. The first-order valence-corrected chi connectivity index (χ1v) is 4.84. The minimum absolute atomic E-state index is 0.302. The second-order valence-electron chi connectivity index (χ2n) is 3.07. The fraction of sp³-hybridized carbons (Fsp3) is 0.200. The summed E-state index contributed by atoms with van der Waals surface area (Å²) in [6.45, 7) is 1.74. The monoisotopic (exact) mass is 226 g/mol. The van der Waals surface area contributed by atoms with E-state index >= 15 is 0 Å². The third-order valence-electron chi connectivity index (χ3n) is 1.87. The largest absolute Gasteiger partial charge is 0.419 e. The van der Waals surface area contributed by atoms with Gasteiger partial charge in [-0.25, -0.2) is 4.39 Å². The maximum absolute atomic E-state index is 12.6. The van der Waals surface area contributed by atoms with E-state index in [1.54, 1.807) is 19.1 Å². The first-order chi connectivity index (χ1) is 7.16. The number of benzene rings is 1. The van der Waals surface area contributed by atoms with Crippen LogP contribution in [0.2, 0.25) is 0 Å². The van der Waals surface area contributed by atoms with Gasteiger partial charge in [-0.15, -0.1) is 21.8 Å². The molecule has 1 aromatic heterocycles. The summed E-state index contributed by atoms with van der Waals surface area (Å²) >= 11 is 5.77. The highest BCUT2D eigenvalue weighted by Crippen LogP contribution is 2.23. The predicted octanol–water partition coefficient (Wildman–Crippen LogP) is 3.18. The van der Waals surface area contributed by atoms with Crippen LogP contribution in [0.3, 0.4) is 0 Å². The van der Waals surface area contributed by atoms with Crippen molar-refractivity contribution >= 4 is 11.6 Å². The van der Waals surface area contributed by atoms with Crippen LogP contribution in [0.25, 0.3) is 11.5 Å². The molecule has 15 heavy (non-hydrogen) atoms. The summed E-state index contributed by atoms with van der Waals surface area (Å²) in [6.07, 6.45) is 0. The molecule has 0 aliphatic rings. The summed E-state index contributed by atoms with van der Waals surface area (Å²) in [5, 5.41) is 7.26. The van der Waals surface area contributed by atoms with E-state index in [2.05, 4.69) is 10.2 Å². The SMILES string of the molecule is C[C@H](Cl)c1nnc(-c2ccc(F)cc2)o1. The maximum atomic E-state index is 12.6. The molecule has 0 N–H and O–H groups in total. The van der Waals surface area contributed by atoms with E-state index in [1.807, 2.05) is 0 Å². The van der Waals surface area contributed by atoms with Gasteiger partial charge in [0.05, 0.1) is 0 Å². The number of halogens is 2. The standard InChI is InChI=1S/C10H8ClFN2O/c1-6(11)9-13-14-10(15-9)7-2-4-8(12)5-3-7/h2-6H,1H3/t6-/m0/s1. The quantitative estimate of drug-likeness (QED) is 0.739. The average Bonchev–Trinajstić information content (AvgIpc) is 2.68. The summed E-state index contributed by atoms with van der Waals surface area (Å²) in [5.74, 6) is 0.401. The smallest absolute Gasteiger partial charge is 0.247 e. The van der Waals surface area contributed by atoms with Gasteiger partial charge in [0.1, 0.15) is 11.2 Å². The lowest BCUT2D eigenvalue weighted by Gasteiger charge is -1.94. The molecule has 0 saturated heterocycles. The molecule has 0 bridgehead atoms. The highest BCUT2D eigenvalue weighted by Gasteiger charge is 2.12. The van der Waals surface area contributed by atoms with Crippen molar-refractivity contribution in [3.63, 3.8) is 0 Å². The van der Waals surface area contributed by atoms with Crippen LogP contribution in [0, 0.1) is 5.82 Å². The minimum atomic E-state index is -0.327. The molecule has 0 radical (unpaired) electrons. The first-order valence-electron chi connectivity index (χ1n) is 4.40. The average molecular weight is 227 g/mol. The van der Waals surface area contributed by atoms with E-state index in [4.69, 9.17) is 16.0 Å². The Kier molecular flexibility index (Phi) is 2.68. The number of hydrogen-bond acceptors (Lipinski definition) is 3. The maximum Gasteiger partial charge on any atom is 0.247 e. The Hall–Kier alpha value is -1.42. The Bertz CT molecular complexity index is 453. The van der Waals surface area contributed by atoms with Gasteiger partial charge in [-0.1, -0.05) is 0 Å². The highest BCUT2D eigenvalue weighted by atomic mass is 35.5. The number of rotatable bonds is 2. The van der Waals surface area contributed by atoms with Crippen LogP contribution < -0.4 is 0 Å². The van der Waals surface area contributed by atoms with Gasteiger partial charge in [0.2, 0.25) is 11.8 Å². The fourth-order valence-electron chi connectivity index (χ4n) is 1.10. The van der Waals surface area contributed by atoms with Gasteiger partial charge >= 0.3 is 0 Å². The Morgan fingerprint density at radius 2 is 1.93 bits per heavy atom. The second-order valence-corrected chi connectivity index (χ2v) is 3.72. The molecule has 1 aromatic carbocycles. The van der Waals surface area contributed by atoms with E-state index in [0.717, 1.165) is 0 Å². The van der Waals surface area contributed by atoms with Crippen LogP contribution in [0.1, 0.15) is 18.2 Å². The fourth-order valence-corrected chi connectivity index (χ4v) is 1.19. The molecule has 1 heterocycles. The molecular formula is C10H8ClFN2O. The van der Waals surface area contributed by atoms with Crippen LogP contribution in [0.15, 0.2) is 28.7 Å². The summed E-state index contributed by atoms with van der Waals surface area (Å²) in [7, 11) is 0. The van der Waals surface area contributed by atoms with Gasteiger partial charge in [0.25, 0.3) is 0 Å².